The highest BCUT2D eigenvalue weighted by Crippen LogP contribution is 2.25. The predicted octanol–water partition coefficient (Wildman–Crippen LogP) is 2.02. The molecule has 1 saturated heterocycles. The average Bonchev–Trinajstić information content (AvgIpc) is 2.27. The van der Waals surface area contributed by atoms with Gasteiger partial charge in [0.25, 0.3) is 0 Å². The zero-order valence-corrected chi connectivity index (χ0v) is 11.1. The van der Waals surface area contributed by atoms with Crippen LogP contribution >= 0.6 is 0 Å². The molecule has 3 nitrogen and oxygen atoms in total. The van der Waals surface area contributed by atoms with Crippen molar-refractivity contribution >= 4 is 5.91 Å². The van der Waals surface area contributed by atoms with Gasteiger partial charge in [-0.1, -0.05) is 26.2 Å². The van der Waals surface area contributed by atoms with Gasteiger partial charge in [-0.2, -0.15) is 0 Å². The summed E-state index contributed by atoms with van der Waals surface area (Å²) in [5.74, 6) is 1.44. The van der Waals surface area contributed by atoms with E-state index in [-0.39, 0.29) is 5.92 Å². The molecule has 2 fully saturated rings. The molecule has 1 N–H and O–H groups in total. The summed E-state index contributed by atoms with van der Waals surface area (Å²) in [7, 11) is 0. The van der Waals surface area contributed by atoms with Crippen molar-refractivity contribution in [2.45, 2.75) is 45.4 Å². The summed E-state index contributed by atoms with van der Waals surface area (Å²) < 4.78 is 0. The van der Waals surface area contributed by atoms with E-state index in [4.69, 9.17) is 0 Å². The van der Waals surface area contributed by atoms with E-state index in [0.717, 1.165) is 38.5 Å². The van der Waals surface area contributed by atoms with Gasteiger partial charge in [-0.25, -0.2) is 0 Å². The van der Waals surface area contributed by atoms with Crippen molar-refractivity contribution in [3.63, 3.8) is 0 Å². The van der Waals surface area contributed by atoms with Gasteiger partial charge in [0.05, 0.1) is 5.92 Å². The Morgan fingerprint density at radius 3 is 2.47 bits per heavy atom. The molecule has 0 radical (unpaired) electrons. The van der Waals surface area contributed by atoms with Crippen LogP contribution in [0.15, 0.2) is 0 Å². The molecule has 0 bridgehead atoms. The average molecular weight is 238 g/mol. The first-order valence-corrected chi connectivity index (χ1v) is 7.30. The summed E-state index contributed by atoms with van der Waals surface area (Å²) >= 11 is 0. The monoisotopic (exact) mass is 238 g/mol. The standard InChI is InChI=1S/C14H26N2O/c1-2-8-16(14(17)13-9-15-10-13)11-12-6-4-3-5-7-12/h12-13,15H,2-11H2,1H3. The molecule has 0 spiro atoms. The minimum Gasteiger partial charge on any atom is -0.342 e. The highest BCUT2D eigenvalue weighted by atomic mass is 16.2. The lowest BCUT2D eigenvalue weighted by molar-refractivity contribution is -0.138. The molecule has 1 amide bonds. The van der Waals surface area contributed by atoms with Gasteiger partial charge in [-0.3, -0.25) is 4.79 Å². The third-order valence-electron chi connectivity index (χ3n) is 4.14. The SMILES string of the molecule is CCCN(CC1CCCCC1)C(=O)C1CNC1. The number of hydrogen-bond acceptors (Lipinski definition) is 2. The van der Waals surface area contributed by atoms with Gasteiger partial charge in [-0.15, -0.1) is 0 Å². The Bertz CT molecular complexity index is 245. The van der Waals surface area contributed by atoms with Crippen LogP contribution in [0.2, 0.25) is 0 Å². The van der Waals surface area contributed by atoms with Crippen LogP contribution in [-0.4, -0.2) is 37.0 Å². The van der Waals surface area contributed by atoms with Gasteiger partial charge in [0.15, 0.2) is 0 Å². The molecular formula is C14H26N2O. The molecule has 1 saturated carbocycles. The maximum atomic E-state index is 12.3. The van der Waals surface area contributed by atoms with Crippen LogP contribution in [-0.2, 0) is 4.79 Å². The lowest BCUT2D eigenvalue weighted by atomic mass is 9.88. The Labute approximate surface area is 105 Å². The van der Waals surface area contributed by atoms with Gasteiger partial charge in [0.1, 0.15) is 0 Å². The Balaban J connectivity index is 1.84. The third kappa shape index (κ3) is 3.44. The molecule has 0 aromatic carbocycles. The normalized spacial score (nSPS) is 22.2. The molecule has 0 atom stereocenters. The molecule has 1 aliphatic heterocycles. The van der Waals surface area contributed by atoms with Crippen LogP contribution in [0.3, 0.4) is 0 Å². The van der Waals surface area contributed by atoms with Crippen molar-refractivity contribution in [1.29, 1.82) is 0 Å². The summed E-state index contributed by atoms with van der Waals surface area (Å²) in [4.78, 5) is 14.4. The maximum Gasteiger partial charge on any atom is 0.228 e. The molecule has 98 valence electrons. The first kappa shape index (κ1) is 12.9. The van der Waals surface area contributed by atoms with Crippen molar-refractivity contribution in [3.8, 4) is 0 Å². The summed E-state index contributed by atoms with van der Waals surface area (Å²) in [6.07, 6.45) is 7.86. The van der Waals surface area contributed by atoms with Crippen molar-refractivity contribution in [2.24, 2.45) is 11.8 Å². The molecule has 2 rings (SSSR count). The second-order valence-electron chi connectivity index (χ2n) is 5.64. The van der Waals surface area contributed by atoms with Gasteiger partial charge < -0.3 is 10.2 Å². The summed E-state index contributed by atoms with van der Waals surface area (Å²) in [5, 5.41) is 3.20. The van der Waals surface area contributed by atoms with E-state index in [9.17, 15) is 4.79 Å². The van der Waals surface area contributed by atoms with Crippen molar-refractivity contribution in [3.05, 3.63) is 0 Å². The quantitative estimate of drug-likeness (QED) is 0.795. The summed E-state index contributed by atoms with van der Waals surface area (Å²) in [6, 6.07) is 0. The number of nitrogens with one attached hydrogen (secondary N) is 1. The maximum absolute atomic E-state index is 12.3. The fourth-order valence-corrected chi connectivity index (χ4v) is 2.96. The molecule has 3 heteroatoms. The van der Waals surface area contributed by atoms with E-state index in [1.54, 1.807) is 0 Å². The number of nitrogens with zero attached hydrogens (tertiary/aromatic N) is 1. The Morgan fingerprint density at radius 1 is 1.24 bits per heavy atom. The van der Waals surface area contributed by atoms with E-state index in [1.165, 1.54) is 32.1 Å². The van der Waals surface area contributed by atoms with E-state index < -0.39 is 0 Å². The highest BCUT2D eigenvalue weighted by Gasteiger charge is 2.30. The van der Waals surface area contributed by atoms with Crippen LogP contribution in [0.25, 0.3) is 0 Å². The van der Waals surface area contributed by atoms with Crippen molar-refractivity contribution in [2.75, 3.05) is 26.2 Å². The first-order valence-electron chi connectivity index (χ1n) is 7.30. The van der Waals surface area contributed by atoms with Crippen LogP contribution in [0.1, 0.15) is 45.4 Å². The van der Waals surface area contributed by atoms with Crippen LogP contribution in [0.4, 0.5) is 0 Å². The van der Waals surface area contributed by atoms with Crippen molar-refractivity contribution in [1.82, 2.24) is 10.2 Å². The van der Waals surface area contributed by atoms with Crippen LogP contribution in [0.5, 0.6) is 0 Å². The smallest absolute Gasteiger partial charge is 0.228 e. The molecule has 1 heterocycles. The fourth-order valence-electron chi connectivity index (χ4n) is 2.96. The zero-order chi connectivity index (χ0) is 12.1. The molecular weight excluding hydrogens is 212 g/mol. The minimum atomic E-state index is 0.269. The largest absolute Gasteiger partial charge is 0.342 e. The van der Waals surface area contributed by atoms with Crippen molar-refractivity contribution < 1.29 is 4.79 Å². The predicted molar refractivity (Wildman–Crippen MR) is 69.8 cm³/mol. The lowest BCUT2D eigenvalue weighted by Gasteiger charge is -2.35. The Kier molecular flexibility index (Phi) is 4.84. The first-order chi connectivity index (χ1) is 8.31. The van der Waals surface area contributed by atoms with Crippen LogP contribution in [0, 0.1) is 11.8 Å². The van der Waals surface area contributed by atoms with E-state index in [2.05, 4.69) is 17.1 Å². The van der Waals surface area contributed by atoms with E-state index in [1.807, 2.05) is 0 Å². The highest BCUT2D eigenvalue weighted by molar-refractivity contribution is 5.80. The van der Waals surface area contributed by atoms with Crippen LogP contribution < -0.4 is 5.32 Å². The number of carbonyl (C=O) groups excluding carboxylic acids is 1. The number of carbonyl (C=O) groups is 1. The van der Waals surface area contributed by atoms with E-state index in [0.29, 0.717) is 5.91 Å². The molecule has 0 aromatic rings. The van der Waals surface area contributed by atoms with Gasteiger partial charge in [0.2, 0.25) is 5.91 Å². The second kappa shape index (κ2) is 6.39. The zero-order valence-electron chi connectivity index (χ0n) is 11.1. The van der Waals surface area contributed by atoms with Gasteiger partial charge in [-0.05, 0) is 25.2 Å². The number of hydrogen-bond donors (Lipinski definition) is 1. The lowest BCUT2D eigenvalue weighted by Crippen LogP contribution is -2.53. The fraction of sp³-hybridized carbons (Fsp3) is 0.929. The topological polar surface area (TPSA) is 32.3 Å². The Morgan fingerprint density at radius 2 is 1.94 bits per heavy atom. The second-order valence-corrected chi connectivity index (χ2v) is 5.64. The molecule has 17 heavy (non-hydrogen) atoms. The number of amides is 1. The summed E-state index contributed by atoms with van der Waals surface area (Å²) in [5.41, 5.74) is 0. The molecule has 1 aliphatic carbocycles. The van der Waals surface area contributed by atoms with Gasteiger partial charge >= 0.3 is 0 Å². The third-order valence-corrected chi connectivity index (χ3v) is 4.14. The van der Waals surface area contributed by atoms with E-state index >= 15 is 0 Å². The Hall–Kier alpha value is -0.570. The van der Waals surface area contributed by atoms with Gasteiger partial charge in [0, 0.05) is 26.2 Å². The molecule has 0 aromatic heterocycles. The minimum absolute atomic E-state index is 0.269. The molecule has 0 unspecified atom stereocenters. The molecule has 2 aliphatic rings. The summed E-state index contributed by atoms with van der Waals surface area (Å²) in [6.45, 7) is 5.92. The number of rotatable bonds is 5.